The molecule has 14 heavy (non-hydrogen) atoms. The maximum absolute atomic E-state index is 8.52. The van der Waals surface area contributed by atoms with E-state index in [9.17, 15) is 0 Å². The minimum atomic E-state index is -5.17. The van der Waals surface area contributed by atoms with Crippen LogP contribution in [0.5, 0.6) is 0 Å². The molecule has 9 heteroatoms. The van der Waals surface area contributed by atoms with Crippen molar-refractivity contribution in [3.63, 3.8) is 0 Å². The Balaban J connectivity index is 0. The van der Waals surface area contributed by atoms with E-state index in [0.29, 0.717) is 17.2 Å². The fourth-order valence-corrected chi connectivity index (χ4v) is 0.957. The monoisotopic (exact) mass is 630 g/mol. The van der Waals surface area contributed by atoms with E-state index in [-0.39, 0.29) is 0 Å². The van der Waals surface area contributed by atoms with E-state index in [1.807, 2.05) is 0 Å². The van der Waals surface area contributed by atoms with Crippen molar-refractivity contribution in [3.8, 4) is 0 Å². The average Bonchev–Trinajstić information content (AvgIpc) is 2.37. The molecule has 0 aromatic rings. The van der Waals surface area contributed by atoms with Gasteiger partial charge in [0, 0.05) is 16.4 Å². The van der Waals surface area contributed by atoms with E-state index >= 15 is 0 Å². The van der Waals surface area contributed by atoms with Crippen LogP contribution in [0.1, 0.15) is 25.7 Å². The quantitative estimate of drug-likeness (QED) is 0.247. The Morgan fingerprint density at radius 1 is 1.21 bits per heavy atom. The van der Waals surface area contributed by atoms with E-state index < -0.39 is 10.4 Å². The number of rotatable bonds is 0. The molecule has 90 valence electrons. The summed E-state index contributed by atoms with van der Waals surface area (Å²) in [5.74, 6) is 0. The number of hydrogen-bond donors (Lipinski definition) is 1. The summed E-state index contributed by atoms with van der Waals surface area (Å²) in [6, 6.07) is 0.546. The first kappa shape index (κ1) is 18.3. The van der Waals surface area contributed by atoms with E-state index in [0.717, 1.165) is 0 Å². The van der Waals surface area contributed by atoms with Gasteiger partial charge >= 0.3 is 49.9 Å². The van der Waals surface area contributed by atoms with Crippen LogP contribution in [0.25, 0.3) is 0 Å². The van der Waals surface area contributed by atoms with Crippen LogP contribution < -0.4 is 5.73 Å². The molecule has 1 saturated carbocycles. The molecule has 1 fully saturated rings. The normalized spacial score (nSPS) is 16.6. The molecule has 0 amide bonds. The summed E-state index contributed by atoms with van der Waals surface area (Å²) < 4.78 is 34.1. The Morgan fingerprint density at radius 2 is 1.43 bits per heavy atom. The molecule has 1 aliphatic carbocycles. The Bertz CT molecular complexity index is 200. The molecule has 0 spiro atoms. The second-order valence-electron chi connectivity index (χ2n) is 2.50. The Kier molecular flexibility index (Phi) is 15.0. The van der Waals surface area contributed by atoms with Gasteiger partial charge in [0.2, 0.25) is 0 Å². The van der Waals surface area contributed by atoms with Gasteiger partial charge in [-0.1, -0.05) is 12.8 Å². The zero-order valence-electron chi connectivity index (χ0n) is 7.10. The number of nitrogens with two attached hydrogens (primary N) is 1. The number of halogens is 2. The molecule has 0 saturated heterocycles. The van der Waals surface area contributed by atoms with Gasteiger partial charge in [0.25, 0.3) is 0 Å². The zero-order chi connectivity index (χ0) is 11.6. The fourth-order valence-electron chi connectivity index (χ4n) is 0.957. The van der Waals surface area contributed by atoms with Gasteiger partial charge in [-0.05, 0) is 12.8 Å². The standard InChI is InChI=1S/C5H11N.2HI.H2O4S.Pt/c6-5-3-1-2-4-5;;;1-5(2,3)4;/h5H,1-4,6H2;2*1H;(H2,1,2,3,4);/q;;;;+4/p-4. The van der Waals surface area contributed by atoms with Crippen LogP contribution in [0, 0.1) is 0 Å². The maximum atomic E-state index is 8.52. The van der Waals surface area contributed by atoms with Gasteiger partial charge in [-0.15, -0.1) is 0 Å². The molecule has 0 unspecified atom stereocenters. The Hall–Kier alpha value is 1.98. The van der Waals surface area contributed by atoms with Crippen LogP contribution in [-0.4, -0.2) is 23.6 Å². The van der Waals surface area contributed by atoms with Crippen LogP contribution in [-0.2, 0) is 21.6 Å². The van der Waals surface area contributed by atoms with Crippen molar-refractivity contribution in [2.24, 2.45) is 5.73 Å². The second kappa shape index (κ2) is 11.5. The van der Waals surface area contributed by atoms with Crippen molar-refractivity contribution in [2.75, 3.05) is 0 Å². The Morgan fingerprint density at radius 3 is 1.50 bits per heavy atom. The van der Waals surface area contributed by atoms with Gasteiger partial charge in [0.15, 0.2) is 0 Å². The average molecular weight is 630 g/mol. The first-order valence-electron chi connectivity index (χ1n) is 3.56. The summed E-state index contributed by atoms with van der Waals surface area (Å²) in [5.41, 5.74) is 5.53. The first-order chi connectivity index (χ1) is 6.31. The summed E-state index contributed by atoms with van der Waals surface area (Å²) in [6.45, 7) is 0. The fraction of sp³-hybridized carbons (Fsp3) is 1.00. The van der Waals surface area contributed by atoms with Gasteiger partial charge in [-0.3, -0.25) is 8.42 Å². The van der Waals surface area contributed by atoms with Gasteiger partial charge in [-0.2, -0.15) is 0 Å². The predicted molar refractivity (Wildman–Crippen MR) is 65.0 cm³/mol. The van der Waals surface area contributed by atoms with E-state index in [1.165, 1.54) is 25.7 Å². The molecule has 0 radical (unpaired) electrons. The van der Waals surface area contributed by atoms with Crippen LogP contribution in [0.15, 0.2) is 0 Å². The van der Waals surface area contributed by atoms with E-state index in [2.05, 4.69) is 38.7 Å². The molecule has 2 N–H and O–H groups in total. The predicted octanol–water partition coefficient (Wildman–Crippen LogP) is 1.32. The molecular weight excluding hydrogens is 619 g/mol. The van der Waals surface area contributed by atoms with Crippen LogP contribution >= 0.6 is 38.7 Å². The molecule has 0 aromatic carbocycles. The molecule has 1 rings (SSSR count). The first-order valence-corrected chi connectivity index (χ1v) is 17.8. The van der Waals surface area contributed by atoms with Crippen LogP contribution in [0.3, 0.4) is 0 Å². The summed E-state index contributed by atoms with van der Waals surface area (Å²) >= 11 is 5.30. The van der Waals surface area contributed by atoms with E-state index in [4.69, 9.17) is 23.3 Å². The van der Waals surface area contributed by atoms with Gasteiger partial charge in [0.05, 0.1) is 0 Å². The third-order valence-electron chi connectivity index (χ3n) is 1.40. The second-order valence-corrected chi connectivity index (χ2v) is 19.9. The van der Waals surface area contributed by atoms with Crippen LogP contribution in [0.4, 0.5) is 0 Å². The van der Waals surface area contributed by atoms with Crippen molar-refractivity contribution in [1.82, 2.24) is 0 Å². The SMILES string of the molecule is NC1CCCC1.O=S(=O)([O-])[O-].[I][Pt+2][I]. The molecule has 0 aliphatic heterocycles. The molecule has 0 bridgehead atoms. The van der Waals surface area contributed by atoms with E-state index in [1.54, 1.807) is 0 Å². The molecule has 1 aliphatic rings. The van der Waals surface area contributed by atoms with Crippen molar-refractivity contribution in [3.05, 3.63) is 0 Å². The summed E-state index contributed by atoms with van der Waals surface area (Å²) in [4.78, 5) is 0. The third kappa shape index (κ3) is 29.2. The van der Waals surface area contributed by atoms with Crippen molar-refractivity contribution >= 4 is 49.1 Å². The zero-order valence-corrected chi connectivity index (χ0v) is 14.5. The van der Waals surface area contributed by atoms with Crippen molar-refractivity contribution in [1.29, 1.82) is 0 Å². The molecule has 0 aromatic heterocycles. The third-order valence-corrected chi connectivity index (χ3v) is 1.40. The van der Waals surface area contributed by atoms with Crippen LogP contribution in [0.2, 0.25) is 0 Å². The van der Waals surface area contributed by atoms with Crippen molar-refractivity contribution in [2.45, 2.75) is 31.7 Å². The molecule has 0 heterocycles. The van der Waals surface area contributed by atoms with Crippen molar-refractivity contribution < 1.29 is 28.7 Å². The minimum absolute atomic E-state index is 0.523. The molecule has 0 atom stereocenters. The molecular formula is C5H11I2NO4PtS. The summed E-state index contributed by atoms with van der Waals surface area (Å²) in [5, 5.41) is 0. The summed E-state index contributed by atoms with van der Waals surface area (Å²) in [6.07, 6.45) is 5.25. The van der Waals surface area contributed by atoms with Gasteiger partial charge < -0.3 is 14.8 Å². The van der Waals surface area contributed by atoms with Gasteiger partial charge in [0.1, 0.15) is 0 Å². The van der Waals surface area contributed by atoms with Gasteiger partial charge in [-0.25, -0.2) is 0 Å². The molecule has 5 nitrogen and oxygen atoms in total. The number of hydrogen-bond acceptors (Lipinski definition) is 5. The topological polar surface area (TPSA) is 106 Å². The summed E-state index contributed by atoms with van der Waals surface area (Å²) in [7, 11) is -5.17. The Labute approximate surface area is 114 Å².